The minimum atomic E-state index is 0. The number of nitrogens with one attached hydrogen (secondary N) is 2. The predicted octanol–water partition coefficient (Wildman–Crippen LogP) is 4.70. The largest absolute Gasteiger partial charge is 0.490 e. The van der Waals surface area contributed by atoms with Gasteiger partial charge in [-0.2, -0.15) is 11.8 Å². The number of rotatable bonds is 11. The average Bonchev–Trinajstić information content (AvgIpc) is 2.73. The summed E-state index contributed by atoms with van der Waals surface area (Å²) in [7, 11) is 1.78. The summed E-state index contributed by atoms with van der Waals surface area (Å²) in [6, 6.07) is 11.4. The molecule has 0 aliphatic rings. The molecule has 0 bridgehead atoms. The van der Waals surface area contributed by atoms with Gasteiger partial charge < -0.3 is 20.1 Å². The topological polar surface area (TPSA) is 67.8 Å². The molecule has 0 saturated heterocycles. The van der Waals surface area contributed by atoms with Crippen LogP contribution in [0.15, 0.2) is 47.6 Å². The lowest BCUT2D eigenvalue weighted by atomic mass is 10.3. The summed E-state index contributed by atoms with van der Waals surface area (Å²) in [6.07, 6.45) is 6.29. The lowest BCUT2D eigenvalue weighted by Gasteiger charge is -2.12. The number of aliphatic imine (C=N–C) groups is 1. The molecule has 8 heteroatoms. The third kappa shape index (κ3) is 9.58. The Bertz CT molecular complexity index is 729. The molecule has 0 amide bonds. The zero-order valence-corrected chi connectivity index (χ0v) is 20.5. The van der Waals surface area contributed by atoms with Gasteiger partial charge in [0.15, 0.2) is 17.5 Å². The molecule has 0 unspecified atom stereocenters. The molecule has 6 nitrogen and oxygen atoms in total. The third-order valence-electron chi connectivity index (χ3n) is 3.91. The molecule has 1 aromatic heterocycles. The fourth-order valence-electron chi connectivity index (χ4n) is 2.48. The normalized spacial score (nSPS) is 10.8. The van der Waals surface area contributed by atoms with E-state index in [9.17, 15) is 0 Å². The van der Waals surface area contributed by atoms with Crippen LogP contribution in [0.1, 0.15) is 25.3 Å². The van der Waals surface area contributed by atoms with Gasteiger partial charge in [-0.25, -0.2) is 4.98 Å². The van der Waals surface area contributed by atoms with Crippen molar-refractivity contribution in [2.24, 2.45) is 4.99 Å². The van der Waals surface area contributed by atoms with Crippen LogP contribution in [0.5, 0.6) is 17.4 Å². The molecule has 0 atom stereocenters. The van der Waals surface area contributed by atoms with E-state index in [-0.39, 0.29) is 24.0 Å². The molecule has 29 heavy (non-hydrogen) atoms. The maximum atomic E-state index is 5.85. The van der Waals surface area contributed by atoms with Crippen LogP contribution in [0.2, 0.25) is 0 Å². The number of unbranched alkanes of at least 4 members (excludes halogenated alkanes) is 1. The fourth-order valence-corrected chi connectivity index (χ4v) is 2.98. The number of thioether (sulfide) groups is 1. The number of nitrogens with zero attached hydrogens (tertiary/aromatic N) is 2. The highest BCUT2D eigenvalue weighted by Gasteiger charge is 2.06. The van der Waals surface area contributed by atoms with Crippen LogP contribution in [-0.4, -0.2) is 43.2 Å². The van der Waals surface area contributed by atoms with Gasteiger partial charge in [-0.15, -0.1) is 24.0 Å². The van der Waals surface area contributed by atoms with Gasteiger partial charge in [-0.1, -0.05) is 18.2 Å². The Kier molecular flexibility index (Phi) is 13.3. The Morgan fingerprint density at radius 1 is 1.10 bits per heavy atom. The molecular formula is C21H31IN4O2S. The number of halogens is 1. The molecule has 0 aliphatic carbocycles. The number of hydrogen-bond acceptors (Lipinski definition) is 5. The van der Waals surface area contributed by atoms with E-state index in [1.165, 1.54) is 12.2 Å². The number of benzene rings is 1. The minimum Gasteiger partial charge on any atom is -0.490 e. The Morgan fingerprint density at radius 2 is 1.90 bits per heavy atom. The first-order valence-corrected chi connectivity index (χ1v) is 10.9. The lowest BCUT2D eigenvalue weighted by molar-refractivity contribution is 0.319. The zero-order valence-electron chi connectivity index (χ0n) is 17.3. The molecule has 1 aromatic carbocycles. The summed E-state index contributed by atoms with van der Waals surface area (Å²) >= 11 is 1.88. The Hall–Kier alpha value is -1.68. The molecule has 0 spiro atoms. The first-order chi connectivity index (χ1) is 13.8. The predicted molar refractivity (Wildman–Crippen MR) is 133 cm³/mol. The van der Waals surface area contributed by atoms with Crippen molar-refractivity contribution in [2.45, 2.75) is 26.3 Å². The van der Waals surface area contributed by atoms with Gasteiger partial charge in [-0.05, 0) is 49.5 Å². The molecule has 0 fully saturated rings. The molecule has 2 rings (SSSR count). The standard InChI is InChI=1S/C21H30N4O2S.HI/c1-4-26-18-9-5-6-10-19(18)27-20-12-11-17(15-24-20)16-25-21(22-2)23-13-7-8-14-28-3;/h5-6,9-12,15H,4,7-8,13-14,16H2,1-3H3,(H2,22,23,25);1H. The second kappa shape index (κ2) is 15.2. The highest BCUT2D eigenvalue weighted by molar-refractivity contribution is 14.0. The van der Waals surface area contributed by atoms with Gasteiger partial charge in [-0.3, -0.25) is 4.99 Å². The number of hydrogen-bond donors (Lipinski definition) is 2. The van der Waals surface area contributed by atoms with E-state index in [2.05, 4.69) is 26.9 Å². The van der Waals surface area contributed by atoms with Crippen LogP contribution in [0, 0.1) is 0 Å². The number of para-hydroxylation sites is 2. The van der Waals surface area contributed by atoms with Crippen molar-refractivity contribution in [1.29, 1.82) is 0 Å². The van der Waals surface area contributed by atoms with E-state index in [0.29, 0.717) is 30.5 Å². The number of ether oxygens (including phenoxy) is 2. The summed E-state index contributed by atoms with van der Waals surface area (Å²) < 4.78 is 11.4. The first-order valence-electron chi connectivity index (χ1n) is 9.55. The summed E-state index contributed by atoms with van der Waals surface area (Å²) in [4.78, 5) is 8.65. The van der Waals surface area contributed by atoms with E-state index in [4.69, 9.17) is 9.47 Å². The molecular weight excluding hydrogens is 499 g/mol. The van der Waals surface area contributed by atoms with Crippen molar-refractivity contribution in [3.63, 3.8) is 0 Å². The third-order valence-corrected chi connectivity index (χ3v) is 4.61. The molecule has 2 N–H and O–H groups in total. The molecule has 160 valence electrons. The van der Waals surface area contributed by atoms with Crippen molar-refractivity contribution in [3.05, 3.63) is 48.2 Å². The summed E-state index contributed by atoms with van der Waals surface area (Å²) in [5.74, 6) is 3.91. The van der Waals surface area contributed by atoms with Gasteiger partial charge >= 0.3 is 0 Å². The monoisotopic (exact) mass is 530 g/mol. The van der Waals surface area contributed by atoms with Crippen molar-refractivity contribution in [2.75, 3.05) is 32.2 Å². The maximum Gasteiger partial charge on any atom is 0.219 e. The SMILES string of the molecule is CCOc1ccccc1Oc1ccc(CNC(=NC)NCCCCSC)cn1.I. The lowest BCUT2D eigenvalue weighted by Crippen LogP contribution is -2.37. The summed E-state index contributed by atoms with van der Waals surface area (Å²) in [6.45, 7) is 4.10. The Balaban J connectivity index is 0.00000420. The second-order valence-corrected chi connectivity index (χ2v) is 7.02. The van der Waals surface area contributed by atoms with Crippen LogP contribution in [0.25, 0.3) is 0 Å². The van der Waals surface area contributed by atoms with E-state index in [1.807, 2.05) is 55.1 Å². The average molecular weight is 530 g/mol. The van der Waals surface area contributed by atoms with Crippen LogP contribution < -0.4 is 20.1 Å². The van der Waals surface area contributed by atoms with E-state index < -0.39 is 0 Å². The molecule has 0 aliphatic heterocycles. The van der Waals surface area contributed by atoms with E-state index in [0.717, 1.165) is 24.5 Å². The van der Waals surface area contributed by atoms with Gasteiger partial charge in [0.1, 0.15) is 0 Å². The van der Waals surface area contributed by atoms with Crippen molar-refractivity contribution >= 4 is 41.7 Å². The molecule has 1 heterocycles. The fraction of sp³-hybridized carbons (Fsp3) is 0.429. The highest BCUT2D eigenvalue weighted by Crippen LogP contribution is 2.30. The van der Waals surface area contributed by atoms with E-state index >= 15 is 0 Å². The van der Waals surface area contributed by atoms with Gasteiger partial charge in [0.25, 0.3) is 0 Å². The number of aromatic nitrogens is 1. The van der Waals surface area contributed by atoms with E-state index in [1.54, 1.807) is 13.2 Å². The van der Waals surface area contributed by atoms with Crippen molar-refractivity contribution in [1.82, 2.24) is 15.6 Å². The molecule has 0 saturated carbocycles. The van der Waals surface area contributed by atoms with Gasteiger partial charge in [0, 0.05) is 32.4 Å². The van der Waals surface area contributed by atoms with Crippen molar-refractivity contribution in [3.8, 4) is 17.4 Å². The highest BCUT2D eigenvalue weighted by atomic mass is 127. The van der Waals surface area contributed by atoms with Crippen LogP contribution >= 0.6 is 35.7 Å². The maximum absolute atomic E-state index is 5.85. The molecule has 0 radical (unpaired) electrons. The zero-order chi connectivity index (χ0) is 20.0. The quantitative estimate of drug-likeness (QED) is 0.190. The number of pyridine rings is 1. The van der Waals surface area contributed by atoms with Crippen LogP contribution in [-0.2, 0) is 6.54 Å². The summed E-state index contributed by atoms with van der Waals surface area (Å²) in [5.41, 5.74) is 1.05. The van der Waals surface area contributed by atoms with Crippen LogP contribution in [0.3, 0.4) is 0 Å². The minimum absolute atomic E-state index is 0. The Morgan fingerprint density at radius 3 is 2.55 bits per heavy atom. The second-order valence-electron chi connectivity index (χ2n) is 6.04. The first kappa shape index (κ1) is 25.4. The smallest absolute Gasteiger partial charge is 0.219 e. The summed E-state index contributed by atoms with van der Waals surface area (Å²) in [5, 5.41) is 6.64. The number of guanidine groups is 1. The van der Waals surface area contributed by atoms with Crippen molar-refractivity contribution < 1.29 is 9.47 Å². The molecule has 2 aromatic rings. The Labute approximate surface area is 195 Å². The van der Waals surface area contributed by atoms with Gasteiger partial charge in [0.2, 0.25) is 5.88 Å². The van der Waals surface area contributed by atoms with Crippen LogP contribution in [0.4, 0.5) is 0 Å². The van der Waals surface area contributed by atoms with Gasteiger partial charge in [0.05, 0.1) is 6.61 Å².